The lowest BCUT2D eigenvalue weighted by atomic mass is 10.2. The zero-order valence-corrected chi connectivity index (χ0v) is 10.7. The highest BCUT2D eigenvalue weighted by atomic mass is 35.5. The Labute approximate surface area is 103 Å². The van der Waals surface area contributed by atoms with Crippen LogP contribution in [0, 0.1) is 0 Å². The highest BCUT2D eigenvalue weighted by Crippen LogP contribution is 2.24. The Bertz CT molecular complexity index is 465. The summed E-state index contributed by atoms with van der Waals surface area (Å²) in [5, 5.41) is 13.3. The van der Waals surface area contributed by atoms with Crippen LogP contribution in [0.25, 0.3) is 0 Å². The van der Waals surface area contributed by atoms with Crippen LogP contribution < -0.4 is 5.32 Å². The van der Waals surface area contributed by atoms with Gasteiger partial charge in [0, 0.05) is 13.1 Å². The number of hydrogen-bond acceptors (Lipinski definition) is 4. The van der Waals surface area contributed by atoms with Crippen LogP contribution in [0.2, 0.25) is 4.34 Å². The summed E-state index contributed by atoms with van der Waals surface area (Å²) in [6.07, 6.45) is 1.70. The van der Waals surface area contributed by atoms with Crippen molar-refractivity contribution >= 4 is 22.9 Å². The Morgan fingerprint density at radius 1 is 1.62 bits per heavy atom. The first-order valence-corrected chi connectivity index (χ1v) is 6.23. The molecule has 0 saturated heterocycles. The second-order valence-corrected chi connectivity index (χ2v) is 5.19. The van der Waals surface area contributed by atoms with Crippen molar-refractivity contribution in [1.82, 2.24) is 20.1 Å². The van der Waals surface area contributed by atoms with Gasteiger partial charge in [0.25, 0.3) is 0 Å². The quantitative estimate of drug-likeness (QED) is 0.913. The van der Waals surface area contributed by atoms with E-state index < -0.39 is 0 Å². The maximum absolute atomic E-state index is 5.89. The smallest absolute Gasteiger partial charge is 0.146 e. The predicted molar refractivity (Wildman–Crippen MR) is 65.6 cm³/mol. The van der Waals surface area contributed by atoms with Crippen LogP contribution in [0.3, 0.4) is 0 Å². The van der Waals surface area contributed by atoms with Gasteiger partial charge in [0.15, 0.2) is 0 Å². The Kier molecular flexibility index (Phi) is 3.58. The summed E-state index contributed by atoms with van der Waals surface area (Å²) in [5.74, 6) is 0.924. The molecule has 1 atom stereocenters. The summed E-state index contributed by atoms with van der Waals surface area (Å²) in [7, 11) is 1.93. The van der Waals surface area contributed by atoms with Gasteiger partial charge in [-0.1, -0.05) is 11.6 Å². The molecule has 0 aliphatic rings. The van der Waals surface area contributed by atoms with Crippen molar-refractivity contribution in [3.63, 3.8) is 0 Å². The fraction of sp³-hybridized carbons (Fsp3) is 0.400. The van der Waals surface area contributed by atoms with Gasteiger partial charge in [0.1, 0.15) is 12.2 Å². The molecule has 1 unspecified atom stereocenters. The largest absolute Gasteiger partial charge is 0.320 e. The number of halogens is 1. The summed E-state index contributed by atoms with van der Waals surface area (Å²) >= 11 is 7.45. The Balaban J connectivity index is 1.93. The molecule has 0 bridgehead atoms. The van der Waals surface area contributed by atoms with Crippen molar-refractivity contribution in [3.05, 3.63) is 33.5 Å². The minimum Gasteiger partial charge on any atom is -0.320 e. The van der Waals surface area contributed by atoms with Crippen LogP contribution in [-0.2, 0) is 13.6 Å². The molecule has 0 fully saturated rings. The van der Waals surface area contributed by atoms with E-state index >= 15 is 0 Å². The van der Waals surface area contributed by atoms with E-state index in [1.54, 1.807) is 17.7 Å². The molecule has 0 amide bonds. The molecule has 6 heteroatoms. The van der Waals surface area contributed by atoms with Crippen molar-refractivity contribution in [3.8, 4) is 0 Å². The second-order valence-electron chi connectivity index (χ2n) is 3.64. The van der Waals surface area contributed by atoms with Gasteiger partial charge in [-0.05, 0) is 23.9 Å². The first-order chi connectivity index (χ1) is 7.66. The third-order valence-corrected chi connectivity index (χ3v) is 3.57. The van der Waals surface area contributed by atoms with E-state index in [0.29, 0.717) is 6.54 Å². The van der Waals surface area contributed by atoms with E-state index in [-0.39, 0.29) is 6.04 Å². The topological polar surface area (TPSA) is 42.7 Å². The van der Waals surface area contributed by atoms with Crippen molar-refractivity contribution in [1.29, 1.82) is 0 Å². The molecule has 86 valence electrons. The van der Waals surface area contributed by atoms with E-state index in [1.807, 2.05) is 17.7 Å². The monoisotopic (exact) mass is 256 g/mol. The lowest BCUT2D eigenvalue weighted by Gasteiger charge is -2.11. The van der Waals surface area contributed by atoms with Crippen LogP contribution in [0.15, 0.2) is 17.8 Å². The molecule has 0 spiro atoms. The maximum Gasteiger partial charge on any atom is 0.146 e. The zero-order valence-electron chi connectivity index (χ0n) is 9.14. The molecule has 0 aromatic carbocycles. The van der Waals surface area contributed by atoms with E-state index in [9.17, 15) is 0 Å². The first kappa shape index (κ1) is 11.6. The van der Waals surface area contributed by atoms with Gasteiger partial charge in [-0.2, -0.15) is 0 Å². The Morgan fingerprint density at radius 3 is 3.00 bits per heavy atom. The average Bonchev–Trinajstić information content (AvgIpc) is 2.84. The Morgan fingerprint density at radius 2 is 2.44 bits per heavy atom. The predicted octanol–water partition coefficient (Wildman–Crippen LogP) is 2.38. The zero-order chi connectivity index (χ0) is 11.5. The number of thiophene rings is 1. The molecular weight excluding hydrogens is 244 g/mol. The van der Waals surface area contributed by atoms with Gasteiger partial charge < -0.3 is 9.88 Å². The van der Waals surface area contributed by atoms with Crippen molar-refractivity contribution < 1.29 is 0 Å². The standard InChI is InChI=1S/C10H13ClN4S/c1-7(8-3-9(11)16-5-8)12-4-10-14-13-6-15(10)2/h3,5-7,12H,4H2,1-2H3. The van der Waals surface area contributed by atoms with E-state index in [2.05, 4.69) is 27.8 Å². The number of nitrogens with one attached hydrogen (secondary N) is 1. The molecule has 2 aromatic rings. The van der Waals surface area contributed by atoms with Crippen LogP contribution in [0.1, 0.15) is 24.4 Å². The SMILES string of the molecule is CC(NCc1nncn1C)c1csc(Cl)c1. The molecule has 0 radical (unpaired) electrons. The summed E-state index contributed by atoms with van der Waals surface area (Å²) in [4.78, 5) is 0. The summed E-state index contributed by atoms with van der Waals surface area (Å²) in [5.41, 5.74) is 1.21. The van der Waals surface area contributed by atoms with Gasteiger partial charge in [-0.3, -0.25) is 0 Å². The van der Waals surface area contributed by atoms with Gasteiger partial charge in [-0.25, -0.2) is 0 Å². The van der Waals surface area contributed by atoms with Gasteiger partial charge in [0.2, 0.25) is 0 Å². The van der Waals surface area contributed by atoms with Gasteiger partial charge >= 0.3 is 0 Å². The lowest BCUT2D eigenvalue weighted by molar-refractivity contribution is 0.549. The number of aromatic nitrogens is 3. The Hall–Kier alpha value is -0.910. The second kappa shape index (κ2) is 4.95. The van der Waals surface area contributed by atoms with Crippen molar-refractivity contribution in [2.24, 2.45) is 7.05 Å². The lowest BCUT2D eigenvalue weighted by Crippen LogP contribution is -2.19. The summed E-state index contributed by atoms with van der Waals surface area (Å²) in [6.45, 7) is 2.81. The summed E-state index contributed by atoms with van der Waals surface area (Å²) < 4.78 is 2.72. The number of rotatable bonds is 4. The first-order valence-electron chi connectivity index (χ1n) is 4.97. The normalized spacial score (nSPS) is 12.9. The van der Waals surface area contributed by atoms with E-state index in [4.69, 9.17) is 11.6 Å². The van der Waals surface area contributed by atoms with Gasteiger partial charge in [-0.15, -0.1) is 21.5 Å². The molecule has 2 heterocycles. The fourth-order valence-corrected chi connectivity index (χ4v) is 2.36. The number of aryl methyl sites for hydroxylation is 1. The average molecular weight is 257 g/mol. The molecule has 16 heavy (non-hydrogen) atoms. The molecule has 0 aliphatic heterocycles. The third-order valence-electron chi connectivity index (χ3n) is 2.46. The molecule has 4 nitrogen and oxygen atoms in total. The fourth-order valence-electron chi connectivity index (χ4n) is 1.38. The third kappa shape index (κ3) is 2.61. The number of hydrogen-bond donors (Lipinski definition) is 1. The summed E-state index contributed by atoms with van der Waals surface area (Å²) in [6, 6.07) is 2.25. The highest BCUT2D eigenvalue weighted by molar-refractivity contribution is 7.14. The van der Waals surface area contributed by atoms with Crippen LogP contribution in [-0.4, -0.2) is 14.8 Å². The van der Waals surface area contributed by atoms with E-state index in [1.165, 1.54) is 5.56 Å². The van der Waals surface area contributed by atoms with Crippen LogP contribution in [0.5, 0.6) is 0 Å². The molecular formula is C10H13ClN4S. The highest BCUT2D eigenvalue weighted by Gasteiger charge is 2.08. The molecule has 2 aromatic heterocycles. The minimum absolute atomic E-state index is 0.264. The minimum atomic E-state index is 0.264. The van der Waals surface area contributed by atoms with Crippen LogP contribution in [0.4, 0.5) is 0 Å². The van der Waals surface area contributed by atoms with Crippen molar-refractivity contribution in [2.45, 2.75) is 19.5 Å². The van der Waals surface area contributed by atoms with Crippen LogP contribution >= 0.6 is 22.9 Å². The van der Waals surface area contributed by atoms with Crippen molar-refractivity contribution in [2.75, 3.05) is 0 Å². The molecule has 0 aliphatic carbocycles. The molecule has 0 saturated carbocycles. The molecule has 2 rings (SSSR count). The number of nitrogens with zero attached hydrogens (tertiary/aromatic N) is 3. The molecule has 1 N–H and O–H groups in total. The van der Waals surface area contributed by atoms with E-state index in [0.717, 1.165) is 10.2 Å². The van der Waals surface area contributed by atoms with Gasteiger partial charge in [0.05, 0.1) is 10.9 Å². The maximum atomic E-state index is 5.89.